The van der Waals surface area contributed by atoms with E-state index in [0.29, 0.717) is 17.1 Å². The molecule has 2 nitrogen and oxygen atoms in total. The van der Waals surface area contributed by atoms with E-state index in [1.165, 1.54) is 0 Å². The molecule has 84 valence electrons. The summed E-state index contributed by atoms with van der Waals surface area (Å²) in [6.45, 7) is 8.33. The zero-order valence-electron chi connectivity index (χ0n) is 9.73. The van der Waals surface area contributed by atoms with E-state index in [4.69, 9.17) is 0 Å². The minimum atomic E-state index is -1.99. The third-order valence-electron chi connectivity index (χ3n) is 2.56. The standard InChI is InChI=1S/C12H19O2P/c1-8(2)10-5-6-11(9(3)4)12(7-10)15(13)14/h5-9,13-14H,1-4H3. The van der Waals surface area contributed by atoms with Gasteiger partial charge in [-0.2, -0.15) is 0 Å². The van der Waals surface area contributed by atoms with Gasteiger partial charge in [0.2, 0.25) is 0 Å². The van der Waals surface area contributed by atoms with E-state index in [9.17, 15) is 9.79 Å². The molecule has 0 heterocycles. The van der Waals surface area contributed by atoms with Crippen LogP contribution in [0.5, 0.6) is 0 Å². The summed E-state index contributed by atoms with van der Waals surface area (Å²) in [4.78, 5) is 18.8. The van der Waals surface area contributed by atoms with Gasteiger partial charge in [0.25, 0.3) is 0 Å². The third kappa shape index (κ3) is 3.01. The molecule has 0 aliphatic rings. The van der Waals surface area contributed by atoms with Crippen molar-refractivity contribution in [3.8, 4) is 0 Å². The Labute approximate surface area is 92.9 Å². The minimum Gasteiger partial charge on any atom is -0.347 e. The topological polar surface area (TPSA) is 40.5 Å². The Bertz CT molecular complexity index is 332. The van der Waals surface area contributed by atoms with Crippen molar-refractivity contribution in [2.45, 2.75) is 39.5 Å². The van der Waals surface area contributed by atoms with Crippen LogP contribution in [0.2, 0.25) is 0 Å². The highest BCUT2D eigenvalue weighted by atomic mass is 31.2. The summed E-state index contributed by atoms with van der Waals surface area (Å²) >= 11 is 0. The van der Waals surface area contributed by atoms with Gasteiger partial charge >= 0.3 is 0 Å². The van der Waals surface area contributed by atoms with Crippen LogP contribution in [0.3, 0.4) is 0 Å². The van der Waals surface area contributed by atoms with Gasteiger partial charge in [-0.05, 0) is 29.0 Å². The molecule has 0 aliphatic carbocycles. The van der Waals surface area contributed by atoms with Crippen molar-refractivity contribution in [1.82, 2.24) is 0 Å². The second-order valence-corrected chi connectivity index (χ2v) is 5.48. The monoisotopic (exact) mass is 226 g/mol. The Kier molecular flexibility index (Phi) is 4.27. The molecule has 1 aromatic carbocycles. The molecule has 0 bridgehead atoms. The highest BCUT2D eigenvalue weighted by molar-refractivity contribution is 7.54. The van der Waals surface area contributed by atoms with Gasteiger partial charge in [-0.15, -0.1) is 0 Å². The summed E-state index contributed by atoms with van der Waals surface area (Å²) in [5, 5.41) is 0.700. The summed E-state index contributed by atoms with van der Waals surface area (Å²) in [6.07, 6.45) is 0. The Morgan fingerprint density at radius 3 is 2.00 bits per heavy atom. The first-order chi connectivity index (χ1) is 6.93. The number of hydrogen-bond donors (Lipinski definition) is 2. The van der Waals surface area contributed by atoms with Gasteiger partial charge in [-0.3, -0.25) is 0 Å². The molecular formula is C12H19O2P. The van der Waals surface area contributed by atoms with Gasteiger partial charge in [0.15, 0.2) is 8.38 Å². The lowest BCUT2D eigenvalue weighted by Crippen LogP contribution is -2.11. The predicted molar refractivity (Wildman–Crippen MR) is 65.6 cm³/mol. The number of rotatable bonds is 3. The van der Waals surface area contributed by atoms with Crippen molar-refractivity contribution >= 4 is 13.7 Å². The van der Waals surface area contributed by atoms with Crippen LogP contribution in [-0.4, -0.2) is 9.79 Å². The highest BCUT2D eigenvalue weighted by Gasteiger charge is 2.14. The molecule has 0 radical (unpaired) electrons. The third-order valence-corrected chi connectivity index (χ3v) is 3.38. The van der Waals surface area contributed by atoms with E-state index in [2.05, 4.69) is 33.8 Å². The van der Waals surface area contributed by atoms with E-state index < -0.39 is 8.38 Å². The summed E-state index contributed by atoms with van der Waals surface area (Å²) in [5.74, 6) is 0.741. The van der Waals surface area contributed by atoms with Crippen LogP contribution in [0.15, 0.2) is 18.2 Å². The maximum Gasteiger partial charge on any atom is 0.199 e. The molecule has 1 rings (SSSR count). The van der Waals surface area contributed by atoms with E-state index in [-0.39, 0.29) is 0 Å². The summed E-state index contributed by atoms with van der Waals surface area (Å²) in [5.41, 5.74) is 2.19. The van der Waals surface area contributed by atoms with Gasteiger partial charge < -0.3 is 9.79 Å². The Balaban J connectivity index is 3.21. The maximum absolute atomic E-state index is 9.38. The Morgan fingerprint density at radius 2 is 1.60 bits per heavy atom. The molecule has 15 heavy (non-hydrogen) atoms. The SMILES string of the molecule is CC(C)c1ccc(C(C)C)c(P(O)O)c1. The fourth-order valence-corrected chi connectivity index (χ4v) is 2.41. The number of benzene rings is 1. The van der Waals surface area contributed by atoms with E-state index in [1.807, 2.05) is 12.1 Å². The Hall–Kier alpha value is -0.430. The molecule has 0 saturated heterocycles. The minimum absolute atomic E-state index is 0.325. The van der Waals surface area contributed by atoms with Crippen molar-refractivity contribution in [2.24, 2.45) is 0 Å². The van der Waals surface area contributed by atoms with Crippen molar-refractivity contribution in [2.75, 3.05) is 0 Å². The molecule has 0 aliphatic heterocycles. The normalized spacial score (nSPS) is 11.8. The average Bonchev–Trinajstić information content (AvgIpc) is 2.16. The van der Waals surface area contributed by atoms with Crippen molar-refractivity contribution in [3.05, 3.63) is 29.3 Å². The zero-order chi connectivity index (χ0) is 11.6. The van der Waals surface area contributed by atoms with Crippen LogP contribution in [0.4, 0.5) is 0 Å². The molecule has 0 unspecified atom stereocenters. The number of hydrogen-bond acceptors (Lipinski definition) is 2. The molecule has 3 heteroatoms. The van der Waals surface area contributed by atoms with Gasteiger partial charge in [0.1, 0.15) is 0 Å². The average molecular weight is 226 g/mol. The second kappa shape index (κ2) is 5.07. The molecule has 0 amide bonds. The van der Waals surface area contributed by atoms with Crippen LogP contribution in [0.25, 0.3) is 0 Å². The van der Waals surface area contributed by atoms with Gasteiger partial charge in [0.05, 0.1) is 0 Å². The smallest absolute Gasteiger partial charge is 0.199 e. The van der Waals surface area contributed by atoms with Crippen molar-refractivity contribution in [3.63, 3.8) is 0 Å². The van der Waals surface area contributed by atoms with Crippen LogP contribution >= 0.6 is 8.38 Å². The lowest BCUT2D eigenvalue weighted by Gasteiger charge is -2.16. The van der Waals surface area contributed by atoms with Crippen LogP contribution in [0, 0.1) is 0 Å². The fraction of sp³-hybridized carbons (Fsp3) is 0.500. The van der Waals surface area contributed by atoms with Crippen LogP contribution < -0.4 is 5.30 Å². The summed E-state index contributed by atoms with van der Waals surface area (Å²) in [6, 6.07) is 6.01. The molecule has 0 atom stereocenters. The van der Waals surface area contributed by atoms with Gasteiger partial charge in [-0.25, -0.2) is 0 Å². The summed E-state index contributed by atoms with van der Waals surface area (Å²) < 4.78 is 0. The second-order valence-electron chi connectivity index (χ2n) is 4.42. The highest BCUT2D eigenvalue weighted by Crippen LogP contribution is 2.30. The molecule has 0 spiro atoms. The van der Waals surface area contributed by atoms with E-state index in [1.54, 1.807) is 0 Å². The molecule has 0 fully saturated rings. The predicted octanol–water partition coefficient (Wildman–Crippen LogP) is 2.86. The lowest BCUT2D eigenvalue weighted by atomic mass is 9.97. The quantitative estimate of drug-likeness (QED) is 0.778. The zero-order valence-corrected chi connectivity index (χ0v) is 10.6. The van der Waals surface area contributed by atoms with Crippen molar-refractivity contribution in [1.29, 1.82) is 0 Å². The molecule has 1 aromatic rings. The van der Waals surface area contributed by atoms with E-state index >= 15 is 0 Å². The first-order valence-corrected chi connectivity index (χ1v) is 6.50. The molecule has 2 N–H and O–H groups in total. The Morgan fingerprint density at radius 1 is 1.00 bits per heavy atom. The fourth-order valence-electron chi connectivity index (χ4n) is 1.58. The first-order valence-electron chi connectivity index (χ1n) is 5.25. The molecule has 0 saturated carbocycles. The molecular weight excluding hydrogens is 207 g/mol. The molecule has 0 aromatic heterocycles. The lowest BCUT2D eigenvalue weighted by molar-refractivity contribution is 0.496. The van der Waals surface area contributed by atoms with Crippen molar-refractivity contribution < 1.29 is 9.79 Å². The van der Waals surface area contributed by atoms with Crippen LogP contribution in [-0.2, 0) is 0 Å². The largest absolute Gasteiger partial charge is 0.347 e. The van der Waals surface area contributed by atoms with Gasteiger partial charge in [-0.1, -0.05) is 39.8 Å². The first kappa shape index (κ1) is 12.6. The van der Waals surface area contributed by atoms with Gasteiger partial charge in [0, 0.05) is 5.30 Å². The van der Waals surface area contributed by atoms with E-state index in [0.717, 1.165) is 11.1 Å². The summed E-state index contributed by atoms with van der Waals surface area (Å²) in [7, 11) is -1.99. The van der Waals surface area contributed by atoms with Crippen LogP contribution in [0.1, 0.15) is 50.7 Å². The maximum atomic E-state index is 9.38.